The van der Waals surface area contributed by atoms with Gasteiger partial charge in [-0.2, -0.15) is 13.2 Å². The number of hydrogen-bond acceptors (Lipinski definition) is 3. The van der Waals surface area contributed by atoms with Crippen LogP contribution >= 0.6 is 0 Å². The molecule has 2 rings (SSSR count). The Morgan fingerprint density at radius 3 is 2.65 bits per heavy atom. The first kappa shape index (κ1) is 12.2. The van der Waals surface area contributed by atoms with E-state index in [1.807, 2.05) is 7.05 Å². The minimum Gasteiger partial charge on any atom is -0.473 e. The normalized spacial score (nSPS) is 21.8. The molecule has 0 amide bonds. The molecule has 1 atom stereocenters. The van der Waals surface area contributed by atoms with Crippen LogP contribution < -0.4 is 4.74 Å². The number of likely N-dealkylation sites (N-methyl/N-ethyl adjacent to an activating group) is 1. The lowest BCUT2D eigenvalue weighted by Gasteiger charge is -2.13. The fourth-order valence-electron chi connectivity index (χ4n) is 1.78. The molecule has 0 bridgehead atoms. The smallest absolute Gasteiger partial charge is 0.417 e. The van der Waals surface area contributed by atoms with Crippen molar-refractivity contribution in [2.75, 3.05) is 20.1 Å². The average Bonchev–Trinajstić information content (AvgIpc) is 2.63. The van der Waals surface area contributed by atoms with Gasteiger partial charge in [-0.05, 0) is 19.5 Å². The van der Waals surface area contributed by atoms with Crippen LogP contribution in [-0.4, -0.2) is 36.1 Å². The lowest BCUT2D eigenvalue weighted by Crippen LogP contribution is -2.21. The van der Waals surface area contributed by atoms with Gasteiger partial charge in [0.05, 0.1) is 5.56 Å². The van der Waals surface area contributed by atoms with Crippen molar-refractivity contribution in [3.63, 3.8) is 0 Å². The van der Waals surface area contributed by atoms with Crippen molar-refractivity contribution >= 4 is 0 Å². The number of rotatable bonds is 2. The molecule has 1 aliphatic rings. The van der Waals surface area contributed by atoms with Gasteiger partial charge in [-0.1, -0.05) is 0 Å². The van der Waals surface area contributed by atoms with Crippen molar-refractivity contribution in [3.05, 3.63) is 23.9 Å². The quantitative estimate of drug-likeness (QED) is 0.799. The number of likely N-dealkylation sites (tertiary alicyclic amines) is 1. The van der Waals surface area contributed by atoms with Gasteiger partial charge in [-0.3, -0.25) is 0 Å². The second-order valence-corrected chi connectivity index (χ2v) is 4.17. The Hall–Kier alpha value is -1.30. The highest BCUT2D eigenvalue weighted by molar-refractivity contribution is 5.20. The maximum atomic E-state index is 12.3. The first-order valence-electron chi connectivity index (χ1n) is 5.33. The molecule has 1 unspecified atom stereocenters. The van der Waals surface area contributed by atoms with Crippen LogP contribution in [0, 0.1) is 0 Å². The van der Waals surface area contributed by atoms with Crippen LogP contribution in [0.2, 0.25) is 0 Å². The fraction of sp³-hybridized carbons (Fsp3) is 0.545. The largest absolute Gasteiger partial charge is 0.473 e. The Kier molecular flexibility index (Phi) is 3.24. The molecule has 0 saturated carbocycles. The first-order valence-corrected chi connectivity index (χ1v) is 5.33. The van der Waals surface area contributed by atoms with Gasteiger partial charge in [0.25, 0.3) is 0 Å². The van der Waals surface area contributed by atoms with Crippen molar-refractivity contribution in [1.29, 1.82) is 0 Å². The van der Waals surface area contributed by atoms with E-state index in [0.29, 0.717) is 0 Å². The Labute approximate surface area is 97.2 Å². The molecule has 1 aliphatic heterocycles. The van der Waals surface area contributed by atoms with Gasteiger partial charge in [0.1, 0.15) is 6.10 Å². The summed E-state index contributed by atoms with van der Waals surface area (Å²) in [5.74, 6) is 0.248. The highest BCUT2D eigenvalue weighted by Gasteiger charge is 2.31. The molecule has 0 aromatic carbocycles. The SMILES string of the molecule is CN1CCC(Oc2ccc(C(F)(F)F)cn2)C1. The molecular weight excluding hydrogens is 233 g/mol. The molecule has 17 heavy (non-hydrogen) atoms. The van der Waals surface area contributed by atoms with Crippen molar-refractivity contribution in [2.24, 2.45) is 0 Å². The number of pyridine rings is 1. The van der Waals surface area contributed by atoms with Gasteiger partial charge in [0, 0.05) is 25.4 Å². The molecule has 6 heteroatoms. The van der Waals surface area contributed by atoms with Crippen LogP contribution in [0.15, 0.2) is 18.3 Å². The molecule has 0 radical (unpaired) electrons. The molecule has 0 N–H and O–H groups in total. The lowest BCUT2D eigenvalue weighted by molar-refractivity contribution is -0.137. The summed E-state index contributed by atoms with van der Waals surface area (Å²) in [6.07, 6.45) is -2.66. The molecule has 1 aromatic rings. The third-order valence-corrected chi connectivity index (χ3v) is 2.70. The summed E-state index contributed by atoms with van der Waals surface area (Å²) in [4.78, 5) is 5.78. The number of alkyl halides is 3. The van der Waals surface area contributed by atoms with Crippen LogP contribution in [0.25, 0.3) is 0 Å². The van der Waals surface area contributed by atoms with Crippen molar-refractivity contribution in [2.45, 2.75) is 18.7 Å². The number of ether oxygens (including phenoxy) is 1. The number of halogens is 3. The summed E-state index contributed by atoms with van der Waals surface area (Å²) < 4.78 is 42.4. The van der Waals surface area contributed by atoms with E-state index in [4.69, 9.17) is 4.74 Å². The zero-order valence-electron chi connectivity index (χ0n) is 9.37. The van der Waals surface area contributed by atoms with Gasteiger partial charge in [-0.15, -0.1) is 0 Å². The minimum atomic E-state index is -4.35. The highest BCUT2D eigenvalue weighted by Crippen LogP contribution is 2.29. The predicted octanol–water partition coefficient (Wildman–Crippen LogP) is 2.18. The molecule has 0 spiro atoms. The number of aromatic nitrogens is 1. The maximum Gasteiger partial charge on any atom is 0.417 e. The second kappa shape index (κ2) is 4.52. The molecule has 94 valence electrons. The van der Waals surface area contributed by atoms with Gasteiger partial charge >= 0.3 is 6.18 Å². The van der Waals surface area contributed by atoms with Crippen LogP contribution in [-0.2, 0) is 6.18 Å². The van der Waals surface area contributed by atoms with E-state index in [1.54, 1.807) is 0 Å². The van der Waals surface area contributed by atoms with E-state index in [0.717, 1.165) is 31.8 Å². The third-order valence-electron chi connectivity index (χ3n) is 2.70. The molecule has 0 aliphatic carbocycles. The molecule has 1 fully saturated rings. The van der Waals surface area contributed by atoms with Gasteiger partial charge in [-0.25, -0.2) is 4.98 Å². The summed E-state index contributed by atoms with van der Waals surface area (Å²) in [6, 6.07) is 2.25. The fourth-order valence-corrected chi connectivity index (χ4v) is 1.78. The summed E-state index contributed by atoms with van der Waals surface area (Å²) in [5, 5.41) is 0. The Bertz CT molecular complexity index is 377. The standard InChI is InChI=1S/C11H13F3N2O/c1-16-5-4-9(7-16)17-10-3-2-8(6-15-10)11(12,13)14/h2-3,6,9H,4-5,7H2,1H3. The zero-order chi connectivity index (χ0) is 12.5. The summed E-state index contributed by atoms with van der Waals surface area (Å²) in [5.41, 5.74) is -0.756. The lowest BCUT2D eigenvalue weighted by atomic mass is 10.3. The Morgan fingerprint density at radius 2 is 2.18 bits per heavy atom. The van der Waals surface area contributed by atoms with E-state index in [1.165, 1.54) is 6.07 Å². The van der Waals surface area contributed by atoms with E-state index in [2.05, 4.69) is 9.88 Å². The highest BCUT2D eigenvalue weighted by atomic mass is 19.4. The van der Waals surface area contributed by atoms with Gasteiger partial charge in [0.2, 0.25) is 5.88 Å². The molecule has 2 heterocycles. The summed E-state index contributed by atoms with van der Waals surface area (Å²) in [6.45, 7) is 1.72. The second-order valence-electron chi connectivity index (χ2n) is 4.17. The van der Waals surface area contributed by atoms with Crippen molar-refractivity contribution in [1.82, 2.24) is 9.88 Å². The third kappa shape index (κ3) is 3.09. The Morgan fingerprint density at radius 1 is 1.41 bits per heavy atom. The van der Waals surface area contributed by atoms with E-state index in [9.17, 15) is 13.2 Å². The average molecular weight is 246 g/mol. The van der Waals surface area contributed by atoms with Crippen molar-refractivity contribution in [3.8, 4) is 5.88 Å². The maximum absolute atomic E-state index is 12.3. The minimum absolute atomic E-state index is 0.0178. The van der Waals surface area contributed by atoms with E-state index in [-0.39, 0.29) is 12.0 Å². The van der Waals surface area contributed by atoms with Crippen LogP contribution in [0.1, 0.15) is 12.0 Å². The molecule has 3 nitrogen and oxygen atoms in total. The zero-order valence-corrected chi connectivity index (χ0v) is 9.37. The topological polar surface area (TPSA) is 25.4 Å². The summed E-state index contributed by atoms with van der Waals surface area (Å²) in [7, 11) is 1.98. The monoisotopic (exact) mass is 246 g/mol. The van der Waals surface area contributed by atoms with Crippen LogP contribution in [0.5, 0.6) is 5.88 Å². The number of nitrogens with zero attached hydrogens (tertiary/aromatic N) is 2. The molecular formula is C11H13F3N2O. The van der Waals surface area contributed by atoms with E-state index < -0.39 is 11.7 Å². The van der Waals surface area contributed by atoms with Crippen molar-refractivity contribution < 1.29 is 17.9 Å². The molecule has 1 saturated heterocycles. The molecule has 1 aromatic heterocycles. The first-order chi connectivity index (χ1) is 7.95. The van der Waals surface area contributed by atoms with Crippen LogP contribution in [0.4, 0.5) is 13.2 Å². The van der Waals surface area contributed by atoms with Gasteiger partial charge < -0.3 is 9.64 Å². The van der Waals surface area contributed by atoms with Crippen LogP contribution in [0.3, 0.4) is 0 Å². The van der Waals surface area contributed by atoms with E-state index >= 15 is 0 Å². The predicted molar refractivity (Wildman–Crippen MR) is 55.8 cm³/mol. The number of hydrogen-bond donors (Lipinski definition) is 0. The summed E-state index contributed by atoms with van der Waals surface area (Å²) >= 11 is 0. The van der Waals surface area contributed by atoms with Gasteiger partial charge in [0.15, 0.2) is 0 Å². The Balaban J connectivity index is 1.99.